The molecule has 2 N–H and O–H groups in total. The molecule has 0 heterocycles. The van der Waals surface area contributed by atoms with E-state index in [-0.39, 0.29) is 24.6 Å². The van der Waals surface area contributed by atoms with E-state index in [0.717, 1.165) is 12.0 Å². The second-order valence-corrected chi connectivity index (χ2v) is 4.92. The molecule has 0 aromatic heterocycles. The first-order valence-corrected chi connectivity index (χ1v) is 7.22. The van der Waals surface area contributed by atoms with Crippen LogP contribution in [0.25, 0.3) is 0 Å². The van der Waals surface area contributed by atoms with Gasteiger partial charge in [0.15, 0.2) is 6.61 Å². The Morgan fingerprint density at radius 2 is 2.00 bits per heavy atom. The predicted molar refractivity (Wildman–Crippen MR) is 81.9 cm³/mol. The minimum Gasteiger partial charge on any atom is -0.479 e. The van der Waals surface area contributed by atoms with Gasteiger partial charge in [0.2, 0.25) is 5.91 Å². The van der Waals surface area contributed by atoms with E-state index in [0.29, 0.717) is 12.3 Å². The van der Waals surface area contributed by atoms with Crippen molar-refractivity contribution in [3.8, 4) is 11.8 Å². The van der Waals surface area contributed by atoms with Crippen molar-refractivity contribution in [1.29, 1.82) is 5.26 Å². The largest absolute Gasteiger partial charge is 0.479 e. The van der Waals surface area contributed by atoms with E-state index in [2.05, 4.69) is 10.6 Å². The van der Waals surface area contributed by atoms with Gasteiger partial charge in [-0.2, -0.15) is 5.26 Å². The minimum absolute atomic E-state index is 0.0117. The molecule has 1 rings (SSSR count). The molecule has 0 radical (unpaired) electrons. The lowest BCUT2D eigenvalue weighted by Gasteiger charge is -2.20. The van der Waals surface area contributed by atoms with Crippen LogP contribution in [-0.2, 0) is 4.79 Å². The van der Waals surface area contributed by atoms with Gasteiger partial charge in [0.05, 0.1) is 6.04 Å². The van der Waals surface area contributed by atoms with Crippen LogP contribution in [0.15, 0.2) is 24.3 Å². The predicted octanol–water partition coefficient (Wildman–Crippen LogP) is 2.15. The zero-order valence-electron chi connectivity index (χ0n) is 12.8. The van der Waals surface area contributed by atoms with Gasteiger partial charge in [-0.05, 0) is 38.0 Å². The SMILES string of the molecule is CCCNC(=O)C(C)NC(C)c1ccc(OCC#N)cc1. The monoisotopic (exact) mass is 289 g/mol. The number of carbonyl (C=O) groups excluding carboxylic acids is 1. The highest BCUT2D eigenvalue weighted by Gasteiger charge is 2.15. The second kappa shape index (κ2) is 8.98. The van der Waals surface area contributed by atoms with Gasteiger partial charge in [0.1, 0.15) is 11.8 Å². The lowest BCUT2D eigenvalue weighted by Crippen LogP contribution is -2.43. The molecule has 0 bridgehead atoms. The molecule has 0 spiro atoms. The first-order chi connectivity index (χ1) is 10.1. The Balaban J connectivity index is 2.53. The maximum atomic E-state index is 11.8. The van der Waals surface area contributed by atoms with Crippen LogP contribution in [0, 0.1) is 11.3 Å². The van der Waals surface area contributed by atoms with Crippen molar-refractivity contribution >= 4 is 5.91 Å². The summed E-state index contributed by atoms with van der Waals surface area (Å²) >= 11 is 0. The van der Waals surface area contributed by atoms with E-state index in [9.17, 15) is 4.79 Å². The molecule has 0 aliphatic rings. The molecule has 0 saturated heterocycles. The molecule has 5 nitrogen and oxygen atoms in total. The standard InChI is InChI=1S/C16H23N3O2/c1-4-10-18-16(20)13(3)19-12(2)14-5-7-15(8-6-14)21-11-9-17/h5-8,12-13,19H,4,10-11H2,1-3H3,(H,18,20). The summed E-state index contributed by atoms with van der Waals surface area (Å²) in [4.78, 5) is 11.8. The highest BCUT2D eigenvalue weighted by atomic mass is 16.5. The maximum absolute atomic E-state index is 11.8. The summed E-state index contributed by atoms with van der Waals surface area (Å²) in [5.74, 6) is 0.680. The van der Waals surface area contributed by atoms with Crippen LogP contribution in [0.3, 0.4) is 0 Å². The summed E-state index contributed by atoms with van der Waals surface area (Å²) < 4.78 is 5.21. The Morgan fingerprint density at radius 3 is 2.57 bits per heavy atom. The summed E-state index contributed by atoms with van der Waals surface area (Å²) in [5, 5.41) is 14.6. The number of nitrogens with zero attached hydrogens (tertiary/aromatic N) is 1. The number of hydrogen-bond acceptors (Lipinski definition) is 4. The second-order valence-electron chi connectivity index (χ2n) is 4.92. The van der Waals surface area contributed by atoms with Gasteiger partial charge in [-0.3, -0.25) is 10.1 Å². The zero-order valence-corrected chi connectivity index (χ0v) is 12.8. The smallest absolute Gasteiger partial charge is 0.236 e. The number of nitriles is 1. The average Bonchev–Trinajstić information content (AvgIpc) is 2.50. The normalized spacial score (nSPS) is 13.0. The number of hydrogen-bond donors (Lipinski definition) is 2. The van der Waals surface area contributed by atoms with Crippen LogP contribution in [0.4, 0.5) is 0 Å². The van der Waals surface area contributed by atoms with Crippen LogP contribution in [0.2, 0.25) is 0 Å². The molecule has 0 fully saturated rings. The van der Waals surface area contributed by atoms with Gasteiger partial charge in [0, 0.05) is 12.6 Å². The third-order valence-electron chi connectivity index (χ3n) is 3.13. The van der Waals surface area contributed by atoms with Crippen molar-refractivity contribution in [3.05, 3.63) is 29.8 Å². The number of benzene rings is 1. The van der Waals surface area contributed by atoms with E-state index < -0.39 is 0 Å². The fourth-order valence-corrected chi connectivity index (χ4v) is 1.92. The van der Waals surface area contributed by atoms with E-state index >= 15 is 0 Å². The average molecular weight is 289 g/mol. The topological polar surface area (TPSA) is 74.2 Å². The fourth-order valence-electron chi connectivity index (χ4n) is 1.92. The summed E-state index contributed by atoms with van der Waals surface area (Å²) in [7, 11) is 0. The Bertz CT molecular complexity index is 479. The maximum Gasteiger partial charge on any atom is 0.236 e. The number of nitrogens with one attached hydrogen (secondary N) is 2. The third-order valence-corrected chi connectivity index (χ3v) is 3.13. The lowest BCUT2D eigenvalue weighted by molar-refractivity contribution is -0.122. The molecule has 0 aliphatic heterocycles. The zero-order chi connectivity index (χ0) is 15.7. The van der Waals surface area contributed by atoms with E-state index in [4.69, 9.17) is 10.00 Å². The Kier molecular flexibility index (Phi) is 7.27. The highest BCUT2D eigenvalue weighted by Crippen LogP contribution is 2.18. The van der Waals surface area contributed by atoms with Crippen molar-refractivity contribution in [2.24, 2.45) is 0 Å². The molecule has 0 aliphatic carbocycles. The van der Waals surface area contributed by atoms with Crippen LogP contribution in [0.5, 0.6) is 5.75 Å². The quantitative estimate of drug-likeness (QED) is 0.769. The Hall–Kier alpha value is -2.06. The molecule has 1 aromatic rings. The number of ether oxygens (including phenoxy) is 1. The van der Waals surface area contributed by atoms with Crippen LogP contribution in [-0.4, -0.2) is 25.1 Å². The van der Waals surface area contributed by atoms with E-state index in [1.165, 1.54) is 0 Å². The van der Waals surface area contributed by atoms with Gasteiger partial charge in [-0.25, -0.2) is 0 Å². The molecule has 5 heteroatoms. The summed E-state index contributed by atoms with van der Waals surface area (Å²) in [5.41, 5.74) is 1.06. The van der Waals surface area contributed by atoms with E-state index in [1.807, 2.05) is 51.1 Å². The van der Waals surface area contributed by atoms with E-state index in [1.54, 1.807) is 0 Å². The molecule has 0 saturated carbocycles. The summed E-state index contributed by atoms with van der Waals surface area (Å²) in [6, 6.07) is 9.25. The molecule has 2 unspecified atom stereocenters. The molecular formula is C16H23N3O2. The van der Waals surface area contributed by atoms with Crippen molar-refractivity contribution in [2.75, 3.05) is 13.2 Å². The number of carbonyl (C=O) groups is 1. The summed E-state index contributed by atoms with van der Waals surface area (Å²) in [6.45, 7) is 6.63. The van der Waals surface area contributed by atoms with Crippen molar-refractivity contribution < 1.29 is 9.53 Å². The first-order valence-electron chi connectivity index (χ1n) is 7.22. The fraction of sp³-hybridized carbons (Fsp3) is 0.500. The van der Waals surface area contributed by atoms with Gasteiger partial charge in [-0.15, -0.1) is 0 Å². The van der Waals surface area contributed by atoms with Gasteiger partial charge < -0.3 is 10.1 Å². The van der Waals surface area contributed by atoms with Crippen LogP contribution < -0.4 is 15.4 Å². The van der Waals surface area contributed by atoms with Gasteiger partial charge >= 0.3 is 0 Å². The van der Waals surface area contributed by atoms with Gasteiger partial charge in [0.25, 0.3) is 0 Å². The van der Waals surface area contributed by atoms with Gasteiger partial charge in [-0.1, -0.05) is 19.1 Å². The molecule has 2 atom stereocenters. The van der Waals surface area contributed by atoms with Crippen LogP contribution >= 0.6 is 0 Å². The highest BCUT2D eigenvalue weighted by molar-refractivity contribution is 5.81. The minimum atomic E-state index is -0.249. The van der Waals surface area contributed by atoms with Crippen molar-refractivity contribution in [1.82, 2.24) is 10.6 Å². The van der Waals surface area contributed by atoms with Crippen molar-refractivity contribution in [2.45, 2.75) is 39.3 Å². The Labute approximate surface area is 126 Å². The molecule has 21 heavy (non-hydrogen) atoms. The summed E-state index contributed by atoms with van der Waals surface area (Å²) in [6.07, 6.45) is 0.929. The molecule has 114 valence electrons. The molecular weight excluding hydrogens is 266 g/mol. The van der Waals surface area contributed by atoms with Crippen molar-refractivity contribution in [3.63, 3.8) is 0 Å². The number of amides is 1. The molecule has 1 aromatic carbocycles. The number of rotatable bonds is 8. The third kappa shape index (κ3) is 5.84. The van der Waals surface area contributed by atoms with Crippen LogP contribution in [0.1, 0.15) is 38.8 Å². The Morgan fingerprint density at radius 1 is 1.33 bits per heavy atom. The molecule has 1 amide bonds. The first kappa shape index (κ1) is 17.0. The lowest BCUT2D eigenvalue weighted by atomic mass is 10.1.